The molecule has 1 rings (SSSR count). The molecule has 0 aromatic rings. The van der Waals surface area contributed by atoms with Crippen LogP contribution in [0.15, 0.2) is 12.7 Å². The normalized spacial score (nSPS) is 25.4. The number of carbonyl (C=O) groups is 2. The Bertz CT molecular complexity index is 319. The van der Waals surface area contributed by atoms with Crippen molar-refractivity contribution in [3.8, 4) is 0 Å². The minimum atomic E-state index is -1.09. The van der Waals surface area contributed by atoms with Gasteiger partial charge in [-0.1, -0.05) is 6.08 Å². The lowest BCUT2D eigenvalue weighted by Crippen LogP contribution is -2.48. The van der Waals surface area contributed by atoms with Gasteiger partial charge in [0, 0.05) is 19.0 Å². The topological polar surface area (TPSA) is 89.9 Å². The summed E-state index contributed by atoms with van der Waals surface area (Å²) in [6, 6.07) is -1.50. The fourth-order valence-electron chi connectivity index (χ4n) is 1.87. The third-order valence-electron chi connectivity index (χ3n) is 2.72. The van der Waals surface area contributed by atoms with Crippen LogP contribution in [-0.4, -0.2) is 51.8 Å². The summed E-state index contributed by atoms with van der Waals surface area (Å²) in [7, 11) is 0. The number of nitrogens with one attached hydrogen (secondary N) is 1. The number of urea groups is 1. The zero-order chi connectivity index (χ0) is 13.0. The Balaban J connectivity index is 2.61. The highest BCUT2D eigenvalue weighted by atomic mass is 16.4. The Labute approximate surface area is 99.9 Å². The standard InChI is InChI=1S/C11H18N2O4/c1-3-4-7(2)12-11(17)13-6-8(14)5-9(13)10(15)16/h3,7-9,14H,1,4-6H2,2H3,(H,12,17)(H,15,16). The monoisotopic (exact) mass is 242 g/mol. The molecule has 0 aromatic carbocycles. The number of rotatable bonds is 4. The second-order valence-corrected chi connectivity index (χ2v) is 4.27. The molecule has 0 saturated carbocycles. The van der Waals surface area contributed by atoms with Crippen molar-refractivity contribution >= 4 is 12.0 Å². The van der Waals surface area contributed by atoms with Crippen LogP contribution in [0.4, 0.5) is 4.79 Å². The van der Waals surface area contributed by atoms with E-state index in [0.29, 0.717) is 6.42 Å². The molecular formula is C11H18N2O4. The molecule has 6 heteroatoms. The van der Waals surface area contributed by atoms with E-state index in [1.54, 1.807) is 6.08 Å². The van der Waals surface area contributed by atoms with Crippen LogP contribution in [0.3, 0.4) is 0 Å². The van der Waals surface area contributed by atoms with Crippen LogP contribution in [0.2, 0.25) is 0 Å². The molecular weight excluding hydrogens is 224 g/mol. The van der Waals surface area contributed by atoms with Crippen LogP contribution < -0.4 is 5.32 Å². The summed E-state index contributed by atoms with van der Waals surface area (Å²) in [6.07, 6.45) is 1.60. The summed E-state index contributed by atoms with van der Waals surface area (Å²) >= 11 is 0. The highest BCUT2D eigenvalue weighted by molar-refractivity contribution is 5.83. The SMILES string of the molecule is C=CCC(C)NC(=O)N1CC(O)CC1C(=O)O. The van der Waals surface area contributed by atoms with Crippen molar-refractivity contribution in [3.63, 3.8) is 0 Å². The molecule has 17 heavy (non-hydrogen) atoms. The molecule has 1 aliphatic heterocycles. The summed E-state index contributed by atoms with van der Waals surface area (Å²) in [6.45, 7) is 5.43. The Morgan fingerprint density at radius 3 is 2.82 bits per heavy atom. The Hall–Kier alpha value is -1.56. The van der Waals surface area contributed by atoms with Gasteiger partial charge in [0.05, 0.1) is 6.10 Å². The predicted molar refractivity (Wildman–Crippen MR) is 61.6 cm³/mol. The van der Waals surface area contributed by atoms with E-state index < -0.39 is 24.1 Å². The zero-order valence-corrected chi connectivity index (χ0v) is 9.80. The third kappa shape index (κ3) is 3.45. The quantitative estimate of drug-likeness (QED) is 0.613. The Morgan fingerprint density at radius 2 is 2.29 bits per heavy atom. The minimum absolute atomic E-state index is 0.0591. The highest BCUT2D eigenvalue weighted by Crippen LogP contribution is 2.18. The number of carbonyl (C=O) groups excluding carboxylic acids is 1. The number of nitrogens with zero attached hydrogens (tertiary/aromatic N) is 1. The van der Waals surface area contributed by atoms with Gasteiger partial charge in [-0.25, -0.2) is 9.59 Å². The molecule has 1 saturated heterocycles. The number of aliphatic carboxylic acids is 1. The fourth-order valence-corrected chi connectivity index (χ4v) is 1.87. The van der Waals surface area contributed by atoms with Gasteiger partial charge in [0.2, 0.25) is 0 Å². The van der Waals surface area contributed by atoms with E-state index >= 15 is 0 Å². The van der Waals surface area contributed by atoms with Crippen molar-refractivity contribution in [3.05, 3.63) is 12.7 Å². The van der Waals surface area contributed by atoms with Crippen LogP contribution in [0.5, 0.6) is 0 Å². The maximum Gasteiger partial charge on any atom is 0.326 e. The van der Waals surface area contributed by atoms with Gasteiger partial charge < -0.3 is 20.4 Å². The van der Waals surface area contributed by atoms with Crippen LogP contribution in [0.25, 0.3) is 0 Å². The van der Waals surface area contributed by atoms with E-state index in [1.165, 1.54) is 0 Å². The van der Waals surface area contributed by atoms with Gasteiger partial charge in [0.15, 0.2) is 0 Å². The van der Waals surface area contributed by atoms with Crippen molar-refractivity contribution in [2.45, 2.75) is 38.0 Å². The molecule has 0 spiro atoms. The average Bonchev–Trinajstić information content (AvgIpc) is 2.60. The van der Waals surface area contributed by atoms with Gasteiger partial charge >= 0.3 is 12.0 Å². The third-order valence-corrected chi connectivity index (χ3v) is 2.72. The number of carboxylic acids is 1. The molecule has 1 fully saturated rings. The van der Waals surface area contributed by atoms with Crippen molar-refractivity contribution in [1.29, 1.82) is 0 Å². The molecule has 2 amide bonds. The second kappa shape index (κ2) is 5.67. The van der Waals surface area contributed by atoms with E-state index in [2.05, 4.69) is 11.9 Å². The van der Waals surface area contributed by atoms with Gasteiger partial charge in [-0.15, -0.1) is 6.58 Å². The van der Waals surface area contributed by atoms with E-state index in [0.717, 1.165) is 4.90 Å². The van der Waals surface area contributed by atoms with Crippen LogP contribution in [0, 0.1) is 0 Å². The molecule has 0 bridgehead atoms. The van der Waals surface area contributed by atoms with Crippen LogP contribution in [0.1, 0.15) is 19.8 Å². The van der Waals surface area contributed by atoms with E-state index in [9.17, 15) is 14.7 Å². The smallest absolute Gasteiger partial charge is 0.326 e. The first-order valence-electron chi connectivity index (χ1n) is 5.54. The molecule has 6 nitrogen and oxygen atoms in total. The summed E-state index contributed by atoms with van der Waals surface area (Å²) in [4.78, 5) is 23.9. The largest absolute Gasteiger partial charge is 0.480 e. The van der Waals surface area contributed by atoms with Crippen LogP contribution in [-0.2, 0) is 4.79 Å². The maximum atomic E-state index is 11.8. The predicted octanol–water partition coefficient (Wildman–Crippen LogP) is 0.180. The molecule has 3 atom stereocenters. The molecule has 0 aromatic heterocycles. The molecule has 0 aliphatic carbocycles. The van der Waals surface area contributed by atoms with Gasteiger partial charge in [-0.05, 0) is 13.3 Å². The average molecular weight is 242 g/mol. The number of amides is 2. The number of hydrogen-bond acceptors (Lipinski definition) is 3. The first kappa shape index (κ1) is 13.5. The summed E-state index contributed by atoms with van der Waals surface area (Å²) < 4.78 is 0. The molecule has 96 valence electrons. The van der Waals surface area contributed by atoms with E-state index in [1.807, 2.05) is 6.92 Å². The summed E-state index contributed by atoms with van der Waals surface area (Å²) in [5, 5.41) is 21.0. The lowest BCUT2D eigenvalue weighted by Gasteiger charge is -2.23. The Kier molecular flexibility index (Phi) is 4.51. The van der Waals surface area contributed by atoms with E-state index in [4.69, 9.17) is 5.11 Å². The van der Waals surface area contributed by atoms with Crippen LogP contribution >= 0.6 is 0 Å². The zero-order valence-electron chi connectivity index (χ0n) is 9.80. The molecule has 0 radical (unpaired) electrons. The number of aliphatic hydroxyl groups excluding tert-OH is 1. The van der Waals surface area contributed by atoms with Crippen molar-refractivity contribution in [2.24, 2.45) is 0 Å². The van der Waals surface area contributed by atoms with Gasteiger partial charge in [-0.3, -0.25) is 0 Å². The minimum Gasteiger partial charge on any atom is -0.480 e. The van der Waals surface area contributed by atoms with Gasteiger partial charge in [0.1, 0.15) is 6.04 Å². The number of carboxylic acid groups (broad SMARTS) is 1. The first-order chi connectivity index (χ1) is 7.95. The lowest BCUT2D eigenvalue weighted by molar-refractivity contribution is -0.141. The maximum absolute atomic E-state index is 11.8. The Morgan fingerprint density at radius 1 is 1.65 bits per heavy atom. The molecule has 1 aliphatic rings. The van der Waals surface area contributed by atoms with Gasteiger partial charge in [-0.2, -0.15) is 0 Å². The number of aliphatic hydroxyl groups is 1. The molecule has 3 unspecified atom stereocenters. The summed E-state index contributed by atoms with van der Waals surface area (Å²) in [5.41, 5.74) is 0. The number of β-amino-alcohol motifs (C(OH)–C–C–N with tert-alkyl or cyclic N) is 1. The van der Waals surface area contributed by atoms with Crippen molar-refractivity contribution in [1.82, 2.24) is 10.2 Å². The number of likely N-dealkylation sites (tertiary alicyclic amines) is 1. The second-order valence-electron chi connectivity index (χ2n) is 4.27. The van der Waals surface area contributed by atoms with E-state index in [-0.39, 0.29) is 19.0 Å². The summed E-state index contributed by atoms with van der Waals surface area (Å²) in [5.74, 6) is -1.09. The lowest BCUT2D eigenvalue weighted by atomic mass is 10.2. The fraction of sp³-hybridized carbons (Fsp3) is 0.636. The molecule has 3 N–H and O–H groups in total. The molecule has 1 heterocycles. The first-order valence-corrected chi connectivity index (χ1v) is 5.54. The van der Waals surface area contributed by atoms with Crippen molar-refractivity contribution in [2.75, 3.05) is 6.54 Å². The number of hydrogen-bond donors (Lipinski definition) is 3. The highest BCUT2D eigenvalue weighted by Gasteiger charge is 2.39. The van der Waals surface area contributed by atoms with Crippen molar-refractivity contribution < 1.29 is 19.8 Å². The van der Waals surface area contributed by atoms with Gasteiger partial charge in [0.25, 0.3) is 0 Å².